The maximum atomic E-state index is 10.9. The van der Waals surface area contributed by atoms with E-state index in [4.69, 9.17) is 9.53 Å². The lowest BCUT2D eigenvalue weighted by Crippen LogP contribution is -2.18. The Bertz CT molecular complexity index is 674. The third-order valence-electron chi connectivity index (χ3n) is 4.45. The van der Waals surface area contributed by atoms with Gasteiger partial charge in [0, 0.05) is 18.3 Å². The standard InChI is InChI=1S/C11H15NO2.C10H14S.CH5N.CH2O/c1-12-11(13)8-5-9-14-10-6-3-2-4-7-10;1-7-3-4-9-8(2)6-11-10(9)5-7;2*1-2/h2-4,6-7H,5,8-9H2,1H3,(H,12,13);6-7H,3-5H2,1-2H3;2H2,1H3;1H2. The third-order valence-corrected chi connectivity index (χ3v) is 5.62. The van der Waals surface area contributed by atoms with Crippen molar-refractivity contribution in [2.45, 2.75) is 46.0 Å². The quantitative estimate of drug-likeness (QED) is 0.712. The van der Waals surface area contributed by atoms with Crippen LogP contribution in [0.25, 0.3) is 0 Å². The fourth-order valence-corrected chi connectivity index (χ4v) is 4.15. The van der Waals surface area contributed by atoms with Gasteiger partial charge >= 0.3 is 0 Å². The molecule has 0 spiro atoms. The molecule has 1 atom stereocenters. The van der Waals surface area contributed by atoms with Gasteiger partial charge in [0.15, 0.2) is 0 Å². The zero-order valence-corrected chi connectivity index (χ0v) is 19.0. The molecule has 2 aromatic rings. The summed E-state index contributed by atoms with van der Waals surface area (Å²) in [6.07, 6.45) is 5.31. The fourth-order valence-electron chi connectivity index (χ4n) is 2.90. The molecular weight excluding hydrogens is 384 g/mol. The lowest BCUT2D eigenvalue weighted by molar-refractivity contribution is -0.120. The molecule has 0 saturated heterocycles. The number of amides is 1. The number of rotatable bonds is 5. The van der Waals surface area contributed by atoms with Crippen molar-refractivity contribution in [3.05, 3.63) is 51.7 Å². The van der Waals surface area contributed by atoms with Crippen LogP contribution in [0.5, 0.6) is 5.75 Å². The minimum atomic E-state index is 0.0571. The van der Waals surface area contributed by atoms with Crippen LogP contribution in [0, 0.1) is 12.8 Å². The van der Waals surface area contributed by atoms with E-state index < -0.39 is 0 Å². The lowest BCUT2D eigenvalue weighted by Gasteiger charge is -2.18. The highest BCUT2D eigenvalue weighted by atomic mass is 32.1. The molecule has 0 radical (unpaired) electrons. The molecule has 0 fully saturated rings. The number of nitrogens with one attached hydrogen (secondary N) is 1. The zero-order chi connectivity index (χ0) is 22.1. The van der Waals surface area contributed by atoms with Crippen molar-refractivity contribution in [2.24, 2.45) is 11.7 Å². The van der Waals surface area contributed by atoms with E-state index >= 15 is 0 Å². The summed E-state index contributed by atoms with van der Waals surface area (Å²) in [7, 11) is 3.14. The van der Waals surface area contributed by atoms with E-state index in [0.717, 1.165) is 18.1 Å². The van der Waals surface area contributed by atoms with Crippen LogP contribution in [0.1, 0.15) is 42.2 Å². The van der Waals surface area contributed by atoms with Gasteiger partial charge in [0.1, 0.15) is 12.5 Å². The molecule has 0 bridgehead atoms. The topological polar surface area (TPSA) is 81.4 Å². The number of aryl methyl sites for hydroxylation is 1. The van der Waals surface area contributed by atoms with Gasteiger partial charge in [0.05, 0.1) is 6.61 Å². The maximum absolute atomic E-state index is 10.9. The first kappa shape index (κ1) is 26.8. The predicted octanol–water partition coefficient (Wildman–Crippen LogP) is 4.16. The van der Waals surface area contributed by atoms with Crippen LogP contribution in [0.4, 0.5) is 0 Å². The number of nitrogens with two attached hydrogens (primary N) is 1. The maximum Gasteiger partial charge on any atom is 0.219 e. The molecule has 5 nitrogen and oxygen atoms in total. The second-order valence-electron chi connectivity index (χ2n) is 6.61. The summed E-state index contributed by atoms with van der Waals surface area (Å²) in [5.74, 6) is 1.83. The predicted molar refractivity (Wildman–Crippen MR) is 123 cm³/mol. The van der Waals surface area contributed by atoms with Gasteiger partial charge < -0.3 is 20.6 Å². The third kappa shape index (κ3) is 10.8. The van der Waals surface area contributed by atoms with Crippen LogP contribution in [-0.4, -0.2) is 33.4 Å². The highest BCUT2D eigenvalue weighted by Crippen LogP contribution is 2.31. The summed E-state index contributed by atoms with van der Waals surface area (Å²) in [5, 5.41) is 4.88. The molecular formula is C23H36N2O3S. The smallest absolute Gasteiger partial charge is 0.219 e. The van der Waals surface area contributed by atoms with Crippen LogP contribution in [0.2, 0.25) is 0 Å². The monoisotopic (exact) mass is 420 g/mol. The van der Waals surface area contributed by atoms with Crippen molar-refractivity contribution >= 4 is 24.0 Å². The molecule has 1 heterocycles. The molecule has 162 valence electrons. The summed E-state index contributed by atoms with van der Waals surface area (Å²) in [4.78, 5) is 20.5. The Labute approximate surface area is 179 Å². The summed E-state index contributed by atoms with van der Waals surface area (Å²) in [6, 6.07) is 9.60. The summed E-state index contributed by atoms with van der Waals surface area (Å²) in [6.45, 7) is 7.18. The molecule has 0 saturated carbocycles. The normalized spacial score (nSPS) is 13.8. The van der Waals surface area contributed by atoms with Crippen molar-refractivity contribution in [1.29, 1.82) is 0 Å². The van der Waals surface area contributed by atoms with Gasteiger partial charge in [0.25, 0.3) is 0 Å². The van der Waals surface area contributed by atoms with E-state index in [1.165, 1.54) is 31.9 Å². The lowest BCUT2D eigenvalue weighted by atomic mass is 9.89. The number of thiophene rings is 1. The molecule has 0 aliphatic heterocycles. The summed E-state index contributed by atoms with van der Waals surface area (Å²) in [5.41, 5.74) is 7.69. The van der Waals surface area contributed by atoms with E-state index in [2.05, 4.69) is 30.3 Å². The molecule has 6 heteroatoms. The molecule has 1 aromatic carbocycles. The van der Waals surface area contributed by atoms with Crippen LogP contribution in [0.15, 0.2) is 35.7 Å². The first-order valence-electron chi connectivity index (χ1n) is 9.91. The van der Waals surface area contributed by atoms with Gasteiger partial charge in [-0.2, -0.15) is 0 Å². The van der Waals surface area contributed by atoms with Crippen LogP contribution in [-0.2, 0) is 22.4 Å². The van der Waals surface area contributed by atoms with Gasteiger partial charge in [0.2, 0.25) is 5.91 Å². The van der Waals surface area contributed by atoms with E-state index in [1.807, 2.05) is 48.5 Å². The molecule has 1 aromatic heterocycles. The van der Waals surface area contributed by atoms with Crippen molar-refractivity contribution in [3.8, 4) is 5.75 Å². The average Bonchev–Trinajstić information content (AvgIpc) is 3.15. The summed E-state index contributed by atoms with van der Waals surface area (Å²) >= 11 is 1.96. The Morgan fingerprint density at radius 2 is 1.93 bits per heavy atom. The van der Waals surface area contributed by atoms with E-state index in [0.29, 0.717) is 13.0 Å². The first-order chi connectivity index (χ1) is 14.1. The van der Waals surface area contributed by atoms with Gasteiger partial charge in [-0.3, -0.25) is 4.79 Å². The Morgan fingerprint density at radius 1 is 1.28 bits per heavy atom. The summed E-state index contributed by atoms with van der Waals surface area (Å²) < 4.78 is 5.42. The first-order valence-corrected chi connectivity index (χ1v) is 10.8. The van der Waals surface area contributed by atoms with E-state index in [-0.39, 0.29) is 5.91 Å². The minimum Gasteiger partial charge on any atom is -0.494 e. The van der Waals surface area contributed by atoms with Crippen molar-refractivity contribution < 1.29 is 14.3 Å². The van der Waals surface area contributed by atoms with Crippen LogP contribution in [0.3, 0.4) is 0 Å². The highest BCUT2D eigenvalue weighted by molar-refractivity contribution is 7.10. The molecule has 1 aliphatic rings. The fraction of sp³-hybridized carbons (Fsp3) is 0.478. The van der Waals surface area contributed by atoms with E-state index in [1.54, 1.807) is 17.5 Å². The number of para-hydroxylation sites is 1. The van der Waals surface area contributed by atoms with Gasteiger partial charge in [-0.25, -0.2) is 0 Å². The van der Waals surface area contributed by atoms with Crippen molar-refractivity contribution in [3.63, 3.8) is 0 Å². The number of hydrogen-bond donors (Lipinski definition) is 2. The number of fused-ring (bicyclic) bond motifs is 1. The molecule has 29 heavy (non-hydrogen) atoms. The Morgan fingerprint density at radius 3 is 2.55 bits per heavy atom. The van der Waals surface area contributed by atoms with Gasteiger partial charge in [-0.15, -0.1) is 11.3 Å². The number of ether oxygens (including phenoxy) is 1. The molecule has 3 rings (SSSR count). The minimum absolute atomic E-state index is 0.0571. The van der Waals surface area contributed by atoms with Crippen LogP contribution >= 0.6 is 11.3 Å². The SMILES string of the molecule is C=O.CN.CNC(=O)CCCOc1ccccc1.Cc1csc2c1CCC(C)C2. The van der Waals surface area contributed by atoms with Crippen molar-refractivity contribution in [2.75, 3.05) is 20.7 Å². The molecule has 1 aliphatic carbocycles. The number of carbonyl (C=O) groups is 2. The second kappa shape index (κ2) is 16.7. The zero-order valence-electron chi connectivity index (χ0n) is 18.2. The Kier molecular flexibility index (Phi) is 15.5. The molecule has 1 unspecified atom stereocenters. The second-order valence-corrected chi connectivity index (χ2v) is 7.57. The Balaban J connectivity index is 0.000000469. The number of carbonyl (C=O) groups excluding carboxylic acids is 2. The van der Waals surface area contributed by atoms with E-state index in [9.17, 15) is 4.79 Å². The number of hydrogen-bond acceptors (Lipinski definition) is 5. The van der Waals surface area contributed by atoms with Gasteiger partial charge in [-0.05, 0) is 74.2 Å². The van der Waals surface area contributed by atoms with Crippen molar-refractivity contribution in [1.82, 2.24) is 5.32 Å². The Hall–Kier alpha value is -2.18. The highest BCUT2D eigenvalue weighted by Gasteiger charge is 2.17. The average molecular weight is 421 g/mol. The number of benzene rings is 1. The largest absolute Gasteiger partial charge is 0.494 e. The molecule has 3 N–H and O–H groups in total. The molecule has 1 amide bonds. The van der Waals surface area contributed by atoms with Gasteiger partial charge in [-0.1, -0.05) is 25.1 Å². The van der Waals surface area contributed by atoms with Crippen LogP contribution < -0.4 is 15.8 Å².